The molecule has 0 radical (unpaired) electrons. The molecule has 0 aliphatic carbocycles. The Morgan fingerprint density at radius 3 is 2.62 bits per heavy atom. The summed E-state index contributed by atoms with van der Waals surface area (Å²) in [5.74, 6) is 1.49. The summed E-state index contributed by atoms with van der Waals surface area (Å²) >= 11 is 0. The van der Waals surface area contributed by atoms with Crippen LogP contribution in [0.1, 0.15) is 31.1 Å². The molecule has 1 fully saturated rings. The van der Waals surface area contributed by atoms with E-state index in [2.05, 4.69) is 10.2 Å². The van der Waals surface area contributed by atoms with Gasteiger partial charge in [-0.05, 0) is 50.2 Å². The van der Waals surface area contributed by atoms with Crippen LogP contribution in [0.25, 0.3) is 0 Å². The van der Waals surface area contributed by atoms with Crippen LogP contribution >= 0.6 is 0 Å². The number of benzene rings is 1. The van der Waals surface area contributed by atoms with Crippen molar-refractivity contribution >= 4 is 5.91 Å². The van der Waals surface area contributed by atoms with Crippen molar-refractivity contribution in [2.75, 3.05) is 26.2 Å². The van der Waals surface area contributed by atoms with Crippen LogP contribution in [-0.4, -0.2) is 37.0 Å². The normalized spacial score (nSPS) is 16.5. The first-order chi connectivity index (χ1) is 11.8. The molecule has 1 saturated heterocycles. The number of amides is 1. The van der Waals surface area contributed by atoms with Crippen molar-refractivity contribution in [1.29, 1.82) is 0 Å². The van der Waals surface area contributed by atoms with Gasteiger partial charge in [-0.3, -0.25) is 9.69 Å². The van der Waals surface area contributed by atoms with Gasteiger partial charge in [-0.15, -0.1) is 0 Å². The van der Waals surface area contributed by atoms with Gasteiger partial charge in [-0.1, -0.05) is 24.6 Å². The van der Waals surface area contributed by atoms with E-state index in [1.54, 1.807) is 6.26 Å². The van der Waals surface area contributed by atoms with Gasteiger partial charge in [0.15, 0.2) is 6.61 Å². The molecule has 1 N–H and O–H groups in total. The second kappa shape index (κ2) is 8.55. The van der Waals surface area contributed by atoms with E-state index in [1.807, 2.05) is 42.5 Å². The van der Waals surface area contributed by atoms with E-state index in [-0.39, 0.29) is 18.6 Å². The summed E-state index contributed by atoms with van der Waals surface area (Å²) in [6, 6.07) is 13.3. The van der Waals surface area contributed by atoms with Crippen molar-refractivity contribution < 1.29 is 13.9 Å². The molecule has 1 aliphatic rings. The number of ether oxygens (including phenoxy) is 1. The number of rotatable bonds is 7. The predicted molar refractivity (Wildman–Crippen MR) is 91.8 cm³/mol. The van der Waals surface area contributed by atoms with Crippen molar-refractivity contribution in [1.82, 2.24) is 10.2 Å². The summed E-state index contributed by atoms with van der Waals surface area (Å²) in [5, 5.41) is 2.97. The fourth-order valence-electron chi connectivity index (χ4n) is 3.05. The minimum Gasteiger partial charge on any atom is -0.484 e. The highest BCUT2D eigenvalue weighted by atomic mass is 16.5. The number of piperidine rings is 1. The summed E-state index contributed by atoms with van der Waals surface area (Å²) in [4.78, 5) is 14.5. The highest BCUT2D eigenvalue weighted by molar-refractivity contribution is 5.77. The predicted octanol–water partition coefficient (Wildman–Crippen LogP) is 3.00. The summed E-state index contributed by atoms with van der Waals surface area (Å²) in [6.45, 7) is 2.64. The topological polar surface area (TPSA) is 54.7 Å². The van der Waals surface area contributed by atoms with Gasteiger partial charge in [-0.25, -0.2) is 0 Å². The molecule has 128 valence electrons. The van der Waals surface area contributed by atoms with E-state index in [1.165, 1.54) is 19.3 Å². The van der Waals surface area contributed by atoms with Crippen molar-refractivity contribution in [2.24, 2.45) is 0 Å². The molecule has 0 saturated carbocycles. The maximum absolute atomic E-state index is 12.1. The van der Waals surface area contributed by atoms with Gasteiger partial charge < -0.3 is 14.5 Å². The number of likely N-dealkylation sites (tertiary alicyclic amines) is 1. The maximum atomic E-state index is 12.1. The van der Waals surface area contributed by atoms with Crippen LogP contribution in [-0.2, 0) is 4.79 Å². The van der Waals surface area contributed by atoms with Gasteiger partial charge in [0.05, 0.1) is 12.3 Å². The van der Waals surface area contributed by atoms with Crippen LogP contribution < -0.4 is 10.1 Å². The molecule has 1 aliphatic heterocycles. The second-order valence-electron chi connectivity index (χ2n) is 6.03. The van der Waals surface area contributed by atoms with Crippen LogP contribution in [0.15, 0.2) is 53.1 Å². The fourth-order valence-corrected chi connectivity index (χ4v) is 3.05. The first-order valence-corrected chi connectivity index (χ1v) is 8.55. The highest BCUT2D eigenvalue weighted by Gasteiger charge is 2.24. The Morgan fingerprint density at radius 2 is 1.92 bits per heavy atom. The Labute approximate surface area is 142 Å². The zero-order valence-electron chi connectivity index (χ0n) is 13.8. The monoisotopic (exact) mass is 328 g/mol. The Kier molecular flexibility index (Phi) is 5.90. The van der Waals surface area contributed by atoms with Crippen LogP contribution in [0, 0.1) is 0 Å². The molecule has 1 atom stereocenters. The average Bonchev–Trinajstić information content (AvgIpc) is 3.16. The second-order valence-corrected chi connectivity index (χ2v) is 6.03. The fraction of sp³-hybridized carbons (Fsp3) is 0.421. The maximum Gasteiger partial charge on any atom is 0.258 e. The molecule has 5 heteroatoms. The molecule has 1 aromatic carbocycles. The zero-order valence-corrected chi connectivity index (χ0v) is 13.8. The van der Waals surface area contributed by atoms with Gasteiger partial charge in [-0.2, -0.15) is 0 Å². The molecular weight excluding hydrogens is 304 g/mol. The summed E-state index contributed by atoms with van der Waals surface area (Å²) in [6.07, 6.45) is 5.36. The molecular formula is C19H24N2O3. The molecule has 5 nitrogen and oxygen atoms in total. The first-order valence-electron chi connectivity index (χ1n) is 8.55. The molecule has 2 aromatic rings. The lowest BCUT2D eigenvalue weighted by atomic mass is 10.1. The van der Waals surface area contributed by atoms with E-state index < -0.39 is 0 Å². The quantitative estimate of drug-likeness (QED) is 0.849. The van der Waals surface area contributed by atoms with Crippen molar-refractivity contribution in [3.05, 3.63) is 54.5 Å². The summed E-state index contributed by atoms with van der Waals surface area (Å²) in [5.41, 5.74) is 0. The largest absolute Gasteiger partial charge is 0.484 e. The lowest BCUT2D eigenvalue weighted by molar-refractivity contribution is -0.123. The van der Waals surface area contributed by atoms with E-state index in [0.717, 1.165) is 18.8 Å². The van der Waals surface area contributed by atoms with Crippen LogP contribution in [0.2, 0.25) is 0 Å². The molecule has 24 heavy (non-hydrogen) atoms. The highest BCUT2D eigenvalue weighted by Crippen LogP contribution is 2.24. The SMILES string of the molecule is O=C(COc1ccccc1)NC[C@H](c1ccco1)N1CCCCC1. The van der Waals surface area contributed by atoms with Crippen LogP contribution in [0.3, 0.4) is 0 Å². The van der Waals surface area contributed by atoms with E-state index in [4.69, 9.17) is 9.15 Å². The molecule has 2 heterocycles. The number of furan rings is 1. The third kappa shape index (κ3) is 4.61. The molecule has 0 spiro atoms. The Bertz CT molecular complexity index is 607. The van der Waals surface area contributed by atoms with Gasteiger partial charge in [0.1, 0.15) is 11.5 Å². The average molecular weight is 328 g/mol. The van der Waals surface area contributed by atoms with Crippen molar-refractivity contribution in [2.45, 2.75) is 25.3 Å². The number of nitrogens with one attached hydrogen (secondary N) is 1. The van der Waals surface area contributed by atoms with Crippen molar-refractivity contribution in [3.63, 3.8) is 0 Å². The lowest BCUT2D eigenvalue weighted by Gasteiger charge is -2.33. The Morgan fingerprint density at radius 1 is 1.12 bits per heavy atom. The number of hydrogen-bond acceptors (Lipinski definition) is 4. The van der Waals surface area contributed by atoms with Crippen LogP contribution in [0.4, 0.5) is 0 Å². The van der Waals surface area contributed by atoms with Gasteiger partial charge in [0.2, 0.25) is 0 Å². The number of nitrogens with zero attached hydrogens (tertiary/aromatic N) is 1. The third-order valence-corrected chi connectivity index (χ3v) is 4.31. The number of hydrogen-bond donors (Lipinski definition) is 1. The lowest BCUT2D eigenvalue weighted by Crippen LogP contribution is -2.41. The van der Waals surface area contributed by atoms with Gasteiger partial charge >= 0.3 is 0 Å². The molecule has 3 rings (SSSR count). The first kappa shape index (κ1) is 16.6. The van der Waals surface area contributed by atoms with Gasteiger partial charge in [0.25, 0.3) is 5.91 Å². The number of para-hydroxylation sites is 1. The number of carbonyl (C=O) groups is 1. The minimum absolute atomic E-state index is 0.0227. The van der Waals surface area contributed by atoms with E-state index in [9.17, 15) is 4.79 Å². The number of carbonyl (C=O) groups excluding carboxylic acids is 1. The van der Waals surface area contributed by atoms with Crippen molar-refractivity contribution in [3.8, 4) is 5.75 Å². The minimum atomic E-state index is -0.118. The molecule has 1 aromatic heterocycles. The standard InChI is InChI=1S/C19H24N2O3/c22-19(15-24-16-8-3-1-4-9-16)20-14-17(18-10-7-13-23-18)21-11-5-2-6-12-21/h1,3-4,7-10,13,17H,2,5-6,11-12,14-15H2,(H,20,22)/t17-/m1/s1. The molecule has 0 unspecified atom stereocenters. The van der Waals surface area contributed by atoms with Gasteiger partial charge in [0, 0.05) is 6.54 Å². The Hall–Kier alpha value is -2.27. The van der Waals surface area contributed by atoms with E-state index >= 15 is 0 Å². The summed E-state index contributed by atoms with van der Waals surface area (Å²) in [7, 11) is 0. The van der Waals surface area contributed by atoms with E-state index in [0.29, 0.717) is 12.3 Å². The molecule has 1 amide bonds. The third-order valence-electron chi connectivity index (χ3n) is 4.31. The summed E-state index contributed by atoms with van der Waals surface area (Å²) < 4.78 is 11.1. The molecule has 0 bridgehead atoms. The Balaban J connectivity index is 1.52. The smallest absolute Gasteiger partial charge is 0.258 e. The zero-order chi connectivity index (χ0) is 16.6. The van der Waals surface area contributed by atoms with Crippen LogP contribution in [0.5, 0.6) is 5.75 Å².